The molecule has 0 aliphatic carbocycles. The van der Waals surface area contributed by atoms with Gasteiger partial charge in [-0.15, -0.1) is 0 Å². The Balaban J connectivity index is 1.29. The van der Waals surface area contributed by atoms with Gasteiger partial charge in [-0.1, -0.05) is 0 Å². The number of carbonyl (C=O) groups is 4. The smallest absolute Gasteiger partial charge is 0.345 e. The predicted octanol–water partition coefficient (Wildman–Crippen LogP) is 1.59. The SMILES string of the molecule is O=C1OC([C@@H]2OC(=O)c3cc(O)c(O)c(O)c3-c3c(O)c(O)c4oc(=O)c5c(c(O)c(O)c6oc(=O)c3c4c65)-c3c(cc(O)c(O)c3O)C(=O)OCC2O)[C@@H](CO)OC(=O)c2cc(O)c(O)c(O)c2-c2c1cc(O)c(O)c2O. The third-order valence-electron chi connectivity index (χ3n) is 12.9. The number of phenolic OH excluding ortho intramolecular Hbond substituents is 16. The predicted molar refractivity (Wildman–Crippen MR) is 248 cm³/mol. The fourth-order valence-electron chi connectivity index (χ4n) is 9.33. The molecule has 2 aliphatic rings. The van der Waals surface area contributed by atoms with Gasteiger partial charge in [-0.3, -0.25) is 0 Å². The van der Waals surface area contributed by atoms with Gasteiger partial charge in [-0.2, -0.15) is 0 Å². The van der Waals surface area contributed by atoms with Gasteiger partial charge in [0, 0.05) is 44.2 Å². The van der Waals surface area contributed by atoms with Gasteiger partial charge in [-0.05, 0) is 24.3 Å². The maximum Gasteiger partial charge on any atom is 0.345 e. The van der Waals surface area contributed by atoms with Crippen molar-refractivity contribution in [3.8, 4) is 125 Å². The molecule has 0 spiro atoms. The molecule has 4 atom stereocenters. The molecule has 0 saturated heterocycles. The maximum absolute atomic E-state index is 14.9. The third kappa shape index (κ3) is 6.90. The zero-order chi connectivity index (χ0) is 56.7. The van der Waals surface area contributed by atoms with Crippen LogP contribution >= 0.6 is 0 Å². The van der Waals surface area contributed by atoms with Gasteiger partial charge >= 0.3 is 35.1 Å². The first-order valence-electron chi connectivity index (χ1n) is 21.6. The van der Waals surface area contributed by atoms with E-state index in [1.807, 2.05) is 0 Å². The second kappa shape index (κ2) is 17.2. The molecule has 78 heavy (non-hydrogen) atoms. The fraction of sp³-hybridized carbons (Fsp3) is 0.125. The van der Waals surface area contributed by atoms with Gasteiger partial charge < -0.3 is 120 Å². The van der Waals surface area contributed by atoms with Gasteiger partial charge in [0.05, 0.1) is 39.6 Å². The molecular formula is C48H30O30. The standard InChI is InChI=1S/C48H30O30/c49-5-16-40(76-46(70)9-3-13(52)28(56)32(60)18(9)17-8(44(68)74-16)2-12(51)27(55)31(17)59)39-15(54)6-73-43(67)7-1-11(50)29(57)33(61)19(7)21-25-23-24-26(48(72)78-41(23)37(65)35(21)63)22(36(64)38(66)42(24)77-47(25)71)20-10(45(69)75-39)4-14(53)30(58)34(20)62/h1-4,15-16,39-40,49-66H,5-6H2/t15?,16-,39-,40?/m1/s1. The first kappa shape index (κ1) is 50.4. The highest BCUT2D eigenvalue weighted by molar-refractivity contribution is 6.29. The van der Waals surface area contributed by atoms with Crippen molar-refractivity contribution >= 4 is 56.6 Å². The van der Waals surface area contributed by atoms with E-state index in [1.165, 1.54) is 0 Å². The van der Waals surface area contributed by atoms with Gasteiger partial charge in [-0.25, -0.2) is 28.8 Å². The number of cyclic esters (lactones) is 4. The molecule has 18 N–H and O–H groups in total. The Morgan fingerprint density at radius 1 is 0.372 bits per heavy atom. The number of fused-ring (bicyclic) bond motifs is 7. The van der Waals surface area contributed by atoms with Crippen molar-refractivity contribution in [1.29, 1.82) is 0 Å². The van der Waals surface area contributed by atoms with E-state index in [0.29, 0.717) is 18.2 Å². The van der Waals surface area contributed by atoms with E-state index in [9.17, 15) is 121 Å². The van der Waals surface area contributed by atoms with Crippen LogP contribution in [0.2, 0.25) is 0 Å². The summed E-state index contributed by atoms with van der Waals surface area (Å²) in [6.45, 7) is -3.26. The Hall–Kier alpha value is -11.1. The van der Waals surface area contributed by atoms with Gasteiger partial charge in [0.1, 0.15) is 12.7 Å². The highest BCUT2D eigenvalue weighted by Crippen LogP contribution is 2.59. The van der Waals surface area contributed by atoms with E-state index in [4.69, 9.17) is 27.8 Å². The second-order valence-corrected chi connectivity index (χ2v) is 17.2. The van der Waals surface area contributed by atoms with E-state index in [0.717, 1.165) is 0 Å². The molecule has 4 heterocycles. The molecule has 0 radical (unpaired) electrons. The molecule has 6 aromatic carbocycles. The van der Waals surface area contributed by atoms with Crippen LogP contribution in [0, 0.1) is 0 Å². The minimum absolute atomic E-state index is 0.239. The molecule has 6 bridgehead atoms. The zero-order valence-electron chi connectivity index (χ0n) is 38.0. The monoisotopic (exact) mass is 1090 g/mol. The molecule has 402 valence electrons. The number of benzene rings is 6. The number of esters is 4. The lowest BCUT2D eigenvalue weighted by atomic mass is 9.88. The summed E-state index contributed by atoms with van der Waals surface area (Å²) in [7, 11) is 0. The van der Waals surface area contributed by atoms with Gasteiger partial charge in [0.25, 0.3) is 0 Å². The highest BCUT2D eigenvalue weighted by Gasteiger charge is 2.47. The normalized spacial score (nSPS) is 17.8. The molecule has 0 amide bonds. The lowest BCUT2D eigenvalue weighted by Crippen LogP contribution is -2.53. The molecule has 0 saturated carbocycles. The van der Waals surface area contributed by atoms with E-state index in [1.54, 1.807) is 0 Å². The van der Waals surface area contributed by atoms with Crippen LogP contribution in [0.3, 0.4) is 0 Å². The third-order valence-corrected chi connectivity index (χ3v) is 12.9. The largest absolute Gasteiger partial charge is 0.504 e. The van der Waals surface area contributed by atoms with Gasteiger partial charge in [0.2, 0.25) is 34.5 Å². The number of aliphatic hydroxyl groups is 2. The minimum atomic E-state index is -2.91. The van der Waals surface area contributed by atoms with Crippen LogP contribution < -0.4 is 11.3 Å². The van der Waals surface area contributed by atoms with Crippen molar-refractivity contribution < 1.29 is 139 Å². The van der Waals surface area contributed by atoms with E-state index >= 15 is 0 Å². The number of hydrogen-bond acceptors (Lipinski definition) is 30. The Morgan fingerprint density at radius 3 is 1.04 bits per heavy atom. The summed E-state index contributed by atoms with van der Waals surface area (Å²) in [5, 5.41) is 195. The first-order chi connectivity index (χ1) is 36.7. The summed E-state index contributed by atoms with van der Waals surface area (Å²) in [5.41, 5.74) is -18.3. The van der Waals surface area contributed by atoms with Crippen molar-refractivity contribution in [3.63, 3.8) is 0 Å². The van der Waals surface area contributed by atoms with Crippen LogP contribution in [0.1, 0.15) is 41.4 Å². The van der Waals surface area contributed by atoms with Crippen LogP contribution in [-0.4, -0.2) is 153 Å². The van der Waals surface area contributed by atoms with Crippen molar-refractivity contribution in [2.75, 3.05) is 13.2 Å². The molecule has 30 nitrogen and oxygen atoms in total. The molecule has 0 fully saturated rings. The summed E-state index contributed by atoms with van der Waals surface area (Å²) in [4.78, 5) is 86.2. The Morgan fingerprint density at radius 2 is 0.679 bits per heavy atom. The van der Waals surface area contributed by atoms with Gasteiger partial charge in [0.15, 0.2) is 87.0 Å². The Labute approximate surface area is 425 Å². The zero-order valence-corrected chi connectivity index (χ0v) is 38.0. The quantitative estimate of drug-likeness (QED) is 0.0384. The van der Waals surface area contributed by atoms with Crippen LogP contribution in [0.25, 0.3) is 66.1 Å². The molecule has 10 rings (SSSR count). The Kier molecular flexibility index (Phi) is 11.1. The summed E-state index contributed by atoms with van der Waals surface area (Å²) in [6.07, 6.45) is -11.1. The summed E-state index contributed by atoms with van der Waals surface area (Å²) in [5.74, 6) is -31.8. The lowest BCUT2D eigenvalue weighted by molar-refractivity contribution is -0.135. The summed E-state index contributed by atoms with van der Waals surface area (Å²) >= 11 is 0. The number of aliphatic hydroxyl groups excluding tert-OH is 2. The number of ether oxygens (including phenoxy) is 4. The van der Waals surface area contributed by atoms with Crippen LogP contribution in [0.4, 0.5) is 0 Å². The molecule has 30 heteroatoms. The van der Waals surface area contributed by atoms with Crippen molar-refractivity contribution in [2.45, 2.75) is 24.4 Å². The lowest BCUT2D eigenvalue weighted by Gasteiger charge is -2.35. The summed E-state index contributed by atoms with van der Waals surface area (Å²) in [6, 6.07) is 1.26. The Bertz CT molecular complexity index is 4190. The van der Waals surface area contributed by atoms with Crippen LogP contribution in [0.5, 0.6) is 92.0 Å². The number of phenols is 16. The maximum atomic E-state index is 14.9. The molecular weight excluding hydrogens is 1060 g/mol. The average Bonchev–Trinajstić information content (AvgIpc) is 3.60. The van der Waals surface area contributed by atoms with E-state index < -0.39 is 253 Å². The highest BCUT2D eigenvalue weighted by atomic mass is 16.6. The first-order valence-corrected chi connectivity index (χ1v) is 21.6. The van der Waals surface area contributed by atoms with Crippen molar-refractivity contribution in [1.82, 2.24) is 0 Å². The van der Waals surface area contributed by atoms with Crippen molar-refractivity contribution in [3.05, 3.63) is 67.4 Å². The summed E-state index contributed by atoms with van der Waals surface area (Å²) < 4.78 is 32.3. The van der Waals surface area contributed by atoms with Crippen LogP contribution in [0.15, 0.2) is 42.7 Å². The minimum Gasteiger partial charge on any atom is -0.504 e. The van der Waals surface area contributed by atoms with E-state index in [-0.39, 0.29) is 6.07 Å². The number of hydrogen-bond donors (Lipinski definition) is 18. The molecule has 2 aromatic heterocycles. The average molecular weight is 1090 g/mol. The van der Waals surface area contributed by atoms with Crippen molar-refractivity contribution in [2.24, 2.45) is 0 Å². The number of rotatable bonds is 2. The topological polar surface area (TPSA) is 530 Å². The fourth-order valence-corrected chi connectivity index (χ4v) is 9.33. The van der Waals surface area contributed by atoms with E-state index in [2.05, 4.69) is 0 Å². The number of carbonyl (C=O) groups excluding carboxylic acids is 4. The van der Waals surface area contributed by atoms with Crippen LogP contribution in [-0.2, 0) is 18.9 Å². The second-order valence-electron chi connectivity index (χ2n) is 17.2. The molecule has 2 aliphatic heterocycles. The molecule has 8 aromatic rings. The molecule has 2 unspecified atom stereocenters. The number of aromatic hydroxyl groups is 16.